The highest BCUT2D eigenvalue weighted by atomic mass is 16.5. The predicted molar refractivity (Wildman–Crippen MR) is 184 cm³/mol. The van der Waals surface area contributed by atoms with Gasteiger partial charge < -0.3 is 34.0 Å². The summed E-state index contributed by atoms with van der Waals surface area (Å²) >= 11 is 0. The molecule has 3 N–H and O–H groups in total. The Bertz CT molecular complexity index is 1920. The maximum atomic E-state index is 8.62. The lowest BCUT2D eigenvalue weighted by Gasteiger charge is -2.30. The highest BCUT2D eigenvalue weighted by Gasteiger charge is 2.17. The van der Waals surface area contributed by atoms with Crippen LogP contribution in [0.4, 0.5) is 0 Å². The number of fused-ring (bicyclic) bond motifs is 2. The molecular weight excluding hydrogens is 590 g/mol. The summed E-state index contributed by atoms with van der Waals surface area (Å²) in [5.41, 5.74) is 8.54. The van der Waals surface area contributed by atoms with E-state index >= 15 is 0 Å². The molecule has 2 aromatic heterocycles. The van der Waals surface area contributed by atoms with Crippen LogP contribution in [0.5, 0.6) is 11.5 Å². The Morgan fingerprint density at radius 1 is 0.638 bits per heavy atom. The van der Waals surface area contributed by atoms with Gasteiger partial charge >= 0.3 is 0 Å². The minimum atomic E-state index is 0.513. The molecule has 8 rings (SSSR count). The Balaban J connectivity index is 0.932. The number of rotatable bonds is 7. The molecule has 0 amide bonds. The van der Waals surface area contributed by atoms with Crippen molar-refractivity contribution in [3.05, 3.63) is 103 Å². The summed E-state index contributed by atoms with van der Waals surface area (Å²) in [6, 6.07) is 28.0. The highest BCUT2D eigenvalue weighted by Crippen LogP contribution is 2.30. The highest BCUT2D eigenvalue weighted by molar-refractivity contribution is 5.99. The van der Waals surface area contributed by atoms with E-state index < -0.39 is 0 Å². The number of aromatic amines is 2. The molecule has 236 valence electrons. The van der Waals surface area contributed by atoms with Gasteiger partial charge in [-0.25, -0.2) is 9.97 Å². The molecule has 6 aromatic rings. The number of nitrogens with one attached hydrogen (secondary N) is 3. The number of imidazole rings is 2. The minimum Gasteiger partial charge on any atom is -0.457 e. The lowest BCUT2D eigenvalue weighted by Crippen LogP contribution is -2.40. The van der Waals surface area contributed by atoms with Crippen molar-refractivity contribution in [2.24, 2.45) is 0 Å². The van der Waals surface area contributed by atoms with Crippen LogP contribution in [0.3, 0.4) is 0 Å². The summed E-state index contributed by atoms with van der Waals surface area (Å²) in [6.07, 6.45) is 0. The second kappa shape index (κ2) is 12.4. The van der Waals surface area contributed by atoms with Crippen LogP contribution < -0.4 is 4.74 Å². The van der Waals surface area contributed by atoms with Gasteiger partial charge in [0.2, 0.25) is 0 Å². The van der Waals surface area contributed by atoms with E-state index in [-0.39, 0.29) is 0 Å². The smallest absolute Gasteiger partial charge is 0.138 e. The molecule has 0 bridgehead atoms. The first-order valence-electron chi connectivity index (χ1n) is 15.9. The van der Waals surface area contributed by atoms with E-state index in [0.29, 0.717) is 19.0 Å². The molecule has 4 aromatic carbocycles. The van der Waals surface area contributed by atoms with Crippen molar-refractivity contribution in [2.75, 3.05) is 52.6 Å². The second-order valence-electron chi connectivity index (χ2n) is 11.8. The lowest BCUT2D eigenvalue weighted by molar-refractivity contribution is 0.0641. The number of H-pyrrole nitrogens is 2. The van der Waals surface area contributed by atoms with E-state index in [1.807, 2.05) is 77.7 Å². The number of aromatic nitrogens is 4. The first-order valence-corrected chi connectivity index (χ1v) is 15.9. The summed E-state index contributed by atoms with van der Waals surface area (Å²) in [4.78, 5) is 20.8. The van der Waals surface area contributed by atoms with Gasteiger partial charge in [0, 0.05) is 48.6 Å². The van der Waals surface area contributed by atoms with Crippen molar-refractivity contribution in [2.45, 2.75) is 0 Å². The Morgan fingerprint density at radius 3 is 1.64 bits per heavy atom. The zero-order valence-electron chi connectivity index (χ0n) is 26.0. The van der Waals surface area contributed by atoms with E-state index in [9.17, 15) is 0 Å². The van der Waals surface area contributed by atoms with E-state index in [1.54, 1.807) is 0 Å². The molecule has 0 saturated carbocycles. The minimum absolute atomic E-state index is 0.513. The molecule has 2 aliphatic rings. The van der Waals surface area contributed by atoms with Gasteiger partial charge in [0.1, 0.15) is 29.0 Å². The van der Waals surface area contributed by atoms with Crippen LogP contribution in [0.25, 0.3) is 50.5 Å². The number of benzene rings is 4. The van der Waals surface area contributed by atoms with Gasteiger partial charge in [-0.2, -0.15) is 0 Å². The van der Waals surface area contributed by atoms with Crippen molar-refractivity contribution >= 4 is 33.6 Å². The first-order chi connectivity index (χ1) is 23.1. The van der Waals surface area contributed by atoms with Crippen molar-refractivity contribution in [1.29, 1.82) is 5.41 Å². The average molecular weight is 626 g/mol. The van der Waals surface area contributed by atoms with Gasteiger partial charge in [0.15, 0.2) is 0 Å². The Labute approximate surface area is 272 Å². The molecule has 0 aliphatic carbocycles. The van der Waals surface area contributed by atoms with Crippen LogP contribution in [0, 0.1) is 5.41 Å². The molecule has 4 heterocycles. The molecule has 2 saturated heterocycles. The lowest BCUT2D eigenvalue weighted by atomic mass is 10.1. The van der Waals surface area contributed by atoms with Gasteiger partial charge in [0.05, 0.1) is 48.5 Å². The summed E-state index contributed by atoms with van der Waals surface area (Å²) in [5.74, 6) is 3.56. The fourth-order valence-corrected chi connectivity index (χ4v) is 6.10. The number of nitrogens with zero attached hydrogens (tertiary/aromatic N) is 4. The first kappa shape index (κ1) is 29.0. The normalized spacial score (nSPS) is 15.3. The SMILES string of the molecule is C=C(c1ccc2nc(-c3ccc(Oc4ccc(-c5nc6ccc(C(=N)N7CCOCC7)cc6[nH]5)cc4)cc3)[nH]c2c1)N1CCOCC1. The van der Waals surface area contributed by atoms with Crippen molar-refractivity contribution < 1.29 is 14.2 Å². The standard InChI is InChI=1S/C37H35N7O3/c1-24(43-14-18-45-19-15-43)27-6-12-31-33(22-27)41-36(39-31)25-2-8-29(9-3-25)47-30-10-4-26(5-11-30)37-40-32-13-7-28(23-34(32)42-37)35(38)44-16-20-46-21-17-44/h2-13,22-23,38H,1,14-21H2,(H,39,41)(H,40,42). The molecule has 0 radical (unpaired) electrons. The maximum Gasteiger partial charge on any atom is 0.138 e. The Hall–Kier alpha value is -5.45. The second-order valence-corrected chi connectivity index (χ2v) is 11.8. The number of amidine groups is 1. The number of hydrogen-bond donors (Lipinski definition) is 3. The fourth-order valence-electron chi connectivity index (χ4n) is 6.10. The molecule has 0 spiro atoms. The van der Waals surface area contributed by atoms with Crippen LogP contribution in [0.2, 0.25) is 0 Å². The summed E-state index contributed by atoms with van der Waals surface area (Å²) in [6.45, 7) is 10.3. The Morgan fingerprint density at radius 2 is 1.11 bits per heavy atom. The average Bonchev–Trinajstić information content (AvgIpc) is 3.76. The van der Waals surface area contributed by atoms with E-state index in [0.717, 1.165) is 113 Å². The summed E-state index contributed by atoms with van der Waals surface area (Å²) in [7, 11) is 0. The molecule has 2 aliphatic heterocycles. The van der Waals surface area contributed by atoms with Gasteiger partial charge in [-0.1, -0.05) is 12.6 Å². The predicted octanol–water partition coefficient (Wildman–Crippen LogP) is 6.53. The maximum absolute atomic E-state index is 8.62. The molecule has 0 unspecified atom stereocenters. The third-order valence-corrected chi connectivity index (χ3v) is 8.78. The third kappa shape index (κ3) is 5.96. The van der Waals surface area contributed by atoms with Crippen molar-refractivity contribution in [1.82, 2.24) is 29.7 Å². The van der Waals surface area contributed by atoms with Crippen LogP contribution >= 0.6 is 0 Å². The van der Waals surface area contributed by atoms with Gasteiger partial charge in [-0.05, 0) is 84.4 Å². The van der Waals surface area contributed by atoms with Crippen LogP contribution in [-0.4, -0.2) is 88.2 Å². The molecular formula is C37H35N7O3. The van der Waals surface area contributed by atoms with Gasteiger partial charge in [-0.3, -0.25) is 5.41 Å². The van der Waals surface area contributed by atoms with Crippen LogP contribution in [0.15, 0.2) is 91.5 Å². The molecule has 2 fully saturated rings. The summed E-state index contributed by atoms with van der Waals surface area (Å²) in [5, 5.41) is 8.62. The molecule has 0 atom stereocenters. The van der Waals surface area contributed by atoms with Crippen LogP contribution in [0.1, 0.15) is 11.1 Å². The van der Waals surface area contributed by atoms with E-state index in [2.05, 4.69) is 33.6 Å². The number of ether oxygens (including phenoxy) is 3. The zero-order valence-corrected chi connectivity index (χ0v) is 26.0. The van der Waals surface area contributed by atoms with Crippen molar-refractivity contribution in [3.8, 4) is 34.3 Å². The largest absolute Gasteiger partial charge is 0.457 e. The quantitative estimate of drug-likeness (QED) is 0.137. The Kier molecular flexibility index (Phi) is 7.64. The number of hydrogen-bond acceptors (Lipinski definition) is 7. The fraction of sp³-hybridized carbons (Fsp3) is 0.216. The topological polar surface area (TPSA) is 115 Å². The molecule has 47 heavy (non-hydrogen) atoms. The molecule has 10 nitrogen and oxygen atoms in total. The van der Waals surface area contributed by atoms with E-state index in [1.165, 1.54) is 0 Å². The third-order valence-electron chi connectivity index (χ3n) is 8.78. The van der Waals surface area contributed by atoms with Gasteiger partial charge in [-0.15, -0.1) is 0 Å². The number of morpholine rings is 2. The van der Waals surface area contributed by atoms with Crippen molar-refractivity contribution in [3.63, 3.8) is 0 Å². The monoisotopic (exact) mass is 625 g/mol. The summed E-state index contributed by atoms with van der Waals surface area (Å²) < 4.78 is 17.1. The van der Waals surface area contributed by atoms with Gasteiger partial charge in [0.25, 0.3) is 0 Å². The zero-order chi connectivity index (χ0) is 31.7. The molecule has 10 heteroatoms. The van der Waals surface area contributed by atoms with E-state index in [4.69, 9.17) is 29.6 Å². The van der Waals surface area contributed by atoms with Crippen LogP contribution in [-0.2, 0) is 9.47 Å².